The highest BCUT2D eigenvalue weighted by atomic mass is 19.1. The van der Waals surface area contributed by atoms with Gasteiger partial charge in [0.15, 0.2) is 0 Å². The Morgan fingerprint density at radius 1 is 0.938 bits per heavy atom. The maximum absolute atomic E-state index is 13.0. The van der Waals surface area contributed by atoms with Crippen molar-refractivity contribution in [1.82, 2.24) is 0 Å². The van der Waals surface area contributed by atoms with Gasteiger partial charge in [0.05, 0.1) is 0 Å². The van der Waals surface area contributed by atoms with Gasteiger partial charge in [-0.3, -0.25) is 0 Å². The van der Waals surface area contributed by atoms with Crippen molar-refractivity contribution in [3.8, 4) is 11.1 Å². The largest absolute Gasteiger partial charge is 0.398 e. The number of benzene rings is 2. The van der Waals surface area contributed by atoms with Gasteiger partial charge < -0.3 is 5.73 Å². The fourth-order valence-electron chi connectivity index (χ4n) is 1.76. The van der Waals surface area contributed by atoms with Crippen LogP contribution >= 0.6 is 0 Å². The molecule has 0 heterocycles. The van der Waals surface area contributed by atoms with Crippen LogP contribution in [0.2, 0.25) is 0 Å². The highest BCUT2D eigenvalue weighted by Crippen LogP contribution is 2.26. The molecule has 0 saturated carbocycles. The molecule has 2 aromatic carbocycles. The number of hydrogen-bond donors (Lipinski definition) is 1. The van der Waals surface area contributed by atoms with Crippen LogP contribution in [0.5, 0.6) is 0 Å². The highest BCUT2D eigenvalue weighted by Gasteiger charge is 2.04. The molecule has 0 spiro atoms. The number of nitrogen functional groups attached to an aromatic ring is 1. The standard InChI is InChI=1S/C14H14FN/c1-9-3-4-11(8-14(9)16)13-6-5-12(15)7-10(13)2/h3-8H,16H2,1-2H3. The first-order valence-corrected chi connectivity index (χ1v) is 5.20. The summed E-state index contributed by atoms with van der Waals surface area (Å²) in [5, 5.41) is 0. The number of rotatable bonds is 1. The van der Waals surface area contributed by atoms with Gasteiger partial charge in [-0.1, -0.05) is 18.2 Å². The fourth-order valence-corrected chi connectivity index (χ4v) is 1.76. The van der Waals surface area contributed by atoms with E-state index in [2.05, 4.69) is 0 Å². The Hall–Kier alpha value is -1.83. The molecule has 2 aromatic rings. The van der Waals surface area contributed by atoms with Crippen LogP contribution in [0.3, 0.4) is 0 Å². The average molecular weight is 215 g/mol. The van der Waals surface area contributed by atoms with Gasteiger partial charge in [-0.2, -0.15) is 0 Å². The van der Waals surface area contributed by atoms with Gasteiger partial charge in [0.2, 0.25) is 0 Å². The lowest BCUT2D eigenvalue weighted by Gasteiger charge is -2.08. The predicted octanol–water partition coefficient (Wildman–Crippen LogP) is 3.69. The summed E-state index contributed by atoms with van der Waals surface area (Å²) in [6, 6.07) is 10.7. The summed E-state index contributed by atoms with van der Waals surface area (Å²) in [5.74, 6) is -0.207. The minimum Gasteiger partial charge on any atom is -0.398 e. The van der Waals surface area contributed by atoms with Crippen LogP contribution in [-0.2, 0) is 0 Å². The Morgan fingerprint density at radius 3 is 2.31 bits per heavy atom. The van der Waals surface area contributed by atoms with Crippen LogP contribution < -0.4 is 5.73 Å². The van der Waals surface area contributed by atoms with E-state index in [0.29, 0.717) is 0 Å². The van der Waals surface area contributed by atoms with Crippen LogP contribution in [0.4, 0.5) is 10.1 Å². The smallest absolute Gasteiger partial charge is 0.123 e. The van der Waals surface area contributed by atoms with Crippen LogP contribution in [0.25, 0.3) is 11.1 Å². The van der Waals surface area contributed by atoms with Gasteiger partial charge in [0.25, 0.3) is 0 Å². The molecule has 2 rings (SSSR count). The normalized spacial score (nSPS) is 10.4. The van der Waals surface area contributed by atoms with Crippen molar-refractivity contribution in [2.45, 2.75) is 13.8 Å². The Morgan fingerprint density at radius 2 is 1.69 bits per heavy atom. The molecule has 0 fully saturated rings. The first-order chi connectivity index (χ1) is 7.58. The molecule has 2 heteroatoms. The molecule has 0 atom stereocenters. The highest BCUT2D eigenvalue weighted by molar-refractivity contribution is 5.71. The minimum absolute atomic E-state index is 0.207. The topological polar surface area (TPSA) is 26.0 Å². The summed E-state index contributed by atoms with van der Waals surface area (Å²) in [7, 11) is 0. The van der Waals surface area contributed by atoms with E-state index in [1.165, 1.54) is 12.1 Å². The average Bonchev–Trinajstić information content (AvgIpc) is 2.22. The van der Waals surface area contributed by atoms with Crippen molar-refractivity contribution < 1.29 is 4.39 Å². The summed E-state index contributed by atoms with van der Waals surface area (Å²) in [5.41, 5.74) is 10.7. The zero-order chi connectivity index (χ0) is 11.7. The zero-order valence-electron chi connectivity index (χ0n) is 9.42. The molecule has 0 bridgehead atoms. The molecule has 0 amide bonds. The van der Waals surface area contributed by atoms with E-state index >= 15 is 0 Å². The predicted molar refractivity (Wildman–Crippen MR) is 65.7 cm³/mol. The van der Waals surface area contributed by atoms with Crippen molar-refractivity contribution in [3.63, 3.8) is 0 Å². The van der Waals surface area contributed by atoms with E-state index in [4.69, 9.17) is 5.73 Å². The van der Waals surface area contributed by atoms with Gasteiger partial charge in [-0.05, 0) is 54.3 Å². The van der Waals surface area contributed by atoms with Crippen molar-refractivity contribution in [1.29, 1.82) is 0 Å². The number of hydrogen-bond acceptors (Lipinski definition) is 1. The minimum atomic E-state index is -0.207. The maximum atomic E-state index is 13.0. The second kappa shape index (κ2) is 3.97. The zero-order valence-corrected chi connectivity index (χ0v) is 9.42. The number of aryl methyl sites for hydroxylation is 2. The van der Waals surface area contributed by atoms with Crippen molar-refractivity contribution in [2.24, 2.45) is 0 Å². The molecule has 1 nitrogen and oxygen atoms in total. The van der Waals surface area contributed by atoms with Gasteiger partial charge in [-0.25, -0.2) is 4.39 Å². The molecular formula is C14H14FN. The lowest BCUT2D eigenvalue weighted by molar-refractivity contribution is 0.627. The fraction of sp³-hybridized carbons (Fsp3) is 0.143. The molecule has 0 aromatic heterocycles. The molecule has 0 unspecified atom stereocenters. The summed E-state index contributed by atoms with van der Waals surface area (Å²) in [6.07, 6.45) is 0. The van der Waals surface area contributed by atoms with E-state index in [0.717, 1.165) is 27.9 Å². The Bertz CT molecular complexity index is 532. The van der Waals surface area contributed by atoms with Crippen molar-refractivity contribution >= 4 is 5.69 Å². The molecule has 0 saturated heterocycles. The molecular weight excluding hydrogens is 201 g/mol. The van der Waals surface area contributed by atoms with Gasteiger partial charge in [0.1, 0.15) is 5.82 Å². The third-order valence-corrected chi connectivity index (χ3v) is 2.78. The second-order valence-electron chi connectivity index (χ2n) is 4.03. The number of nitrogens with two attached hydrogens (primary N) is 1. The Kier molecular flexibility index (Phi) is 2.65. The summed E-state index contributed by atoms with van der Waals surface area (Å²) >= 11 is 0. The van der Waals surface area contributed by atoms with E-state index < -0.39 is 0 Å². The summed E-state index contributed by atoms with van der Waals surface area (Å²) in [4.78, 5) is 0. The SMILES string of the molecule is Cc1ccc(-c2ccc(F)cc2C)cc1N. The second-order valence-corrected chi connectivity index (χ2v) is 4.03. The molecule has 16 heavy (non-hydrogen) atoms. The van der Waals surface area contributed by atoms with E-state index in [-0.39, 0.29) is 5.82 Å². The molecule has 0 aliphatic rings. The molecule has 0 radical (unpaired) electrons. The van der Waals surface area contributed by atoms with Crippen LogP contribution in [0.15, 0.2) is 36.4 Å². The lowest BCUT2D eigenvalue weighted by atomic mass is 9.99. The Balaban J connectivity index is 2.54. The molecule has 2 N–H and O–H groups in total. The van der Waals surface area contributed by atoms with Gasteiger partial charge >= 0.3 is 0 Å². The van der Waals surface area contributed by atoms with E-state index in [1.54, 1.807) is 6.07 Å². The van der Waals surface area contributed by atoms with Gasteiger partial charge in [-0.15, -0.1) is 0 Å². The third kappa shape index (κ3) is 1.91. The van der Waals surface area contributed by atoms with Crippen LogP contribution in [0, 0.1) is 19.7 Å². The first kappa shape index (κ1) is 10.7. The maximum Gasteiger partial charge on any atom is 0.123 e. The monoisotopic (exact) mass is 215 g/mol. The van der Waals surface area contributed by atoms with Crippen molar-refractivity contribution in [2.75, 3.05) is 5.73 Å². The third-order valence-electron chi connectivity index (χ3n) is 2.78. The number of anilines is 1. The van der Waals surface area contributed by atoms with Crippen molar-refractivity contribution in [3.05, 3.63) is 53.3 Å². The first-order valence-electron chi connectivity index (χ1n) is 5.20. The lowest BCUT2D eigenvalue weighted by Crippen LogP contribution is -1.91. The Labute approximate surface area is 94.7 Å². The number of halogens is 1. The molecule has 82 valence electrons. The molecule has 0 aliphatic heterocycles. The van der Waals surface area contributed by atoms with Crippen LogP contribution in [-0.4, -0.2) is 0 Å². The van der Waals surface area contributed by atoms with Gasteiger partial charge in [0, 0.05) is 5.69 Å². The summed E-state index contributed by atoms with van der Waals surface area (Å²) < 4.78 is 13.0. The van der Waals surface area contributed by atoms with E-state index in [9.17, 15) is 4.39 Å². The quantitative estimate of drug-likeness (QED) is 0.721. The summed E-state index contributed by atoms with van der Waals surface area (Å²) in [6.45, 7) is 3.87. The van der Waals surface area contributed by atoms with Crippen LogP contribution in [0.1, 0.15) is 11.1 Å². The molecule has 0 aliphatic carbocycles. The van der Waals surface area contributed by atoms with E-state index in [1.807, 2.05) is 32.0 Å².